The fraction of sp³-hybridized carbons (Fsp3) is 0.125. The molecule has 4 heteroatoms. The highest BCUT2D eigenvalue weighted by Crippen LogP contribution is 2.18. The summed E-state index contributed by atoms with van der Waals surface area (Å²) < 4.78 is 0. The number of fused-ring (bicyclic) bond motifs is 1. The number of carbonyl (C=O) groups is 1. The number of nitrogens with zero attached hydrogens (tertiary/aromatic N) is 2. The minimum Gasteiger partial charge on any atom is -0.478 e. The molecule has 0 aliphatic carbocycles. The van der Waals surface area contributed by atoms with Crippen molar-refractivity contribution in [1.82, 2.24) is 10.0 Å². The molecule has 2 rings (SSSR count). The lowest BCUT2D eigenvalue weighted by Crippen LogP contribution is -2.27. The number of hydrogen-bond donors (Lipinski definition) is 1. The summed E-state index contributed by atoms with van der Waals surface area (Å²) in [5.74, 6) is -0.855. The number of rotatable bonds is 1. The molecule has 2 aliphatic heterocycles. The van der Waals surface area contributed by atoms with Gasteiger partial charge in [-0.15, -0.1) is 0 Å². The minimum atomic E-state index is -0.855. The molecule has 0 bridgehead atoms. The molecule has 0 aromatic carbocycles. The van der Waals surface area contributed by atoms with Crippen molar-refractivity contribution in [2.75, 3.05) is 6.54 Å². The first-order chi connectivity index (χ1) is 5.77. The Bertz CT molecular complexity index is 304. The van der Waals surface area contributed by atoms with Gasteiger partial charge >= 0.3 is 5.97 Å². The van der Waals surface area contributed by atoms with Crippen LogP contribution in [0.5, 0.6) is 0 Å². The van der Waals surface area contributed by atoms with E-state index in [1.165, 1.54) is 0 Å². The molecule has 12 heavy (non-hydrogen) atoms. The van der Waals surface area contributed by atoms with E-state index >= 15 is 0 Å². The van der Waals surface area contributed by atoms with Crippen LogP contribution in [-0.4, -0.2) is 27.6 Å². The predicted molar refractivity (Wildman–Crippen MR) is 42.5 cm³/mol. The third kappa shape index (κ3) is 0.972. The normalized spacial score (nSPS) is 19.5. The monoisotopic (exact) mass is 164 g/mol. The third-order valence-corrected chi connectivity index (χ3v) is 1.80. The van der Waals surface area contributed by atoms with Crippen molar-refractivity contribution in [1.29, 1.82) is 0 Å². The van der Waals surface area contributed by atoms with Crippen LogP contribution < -0.4 is 0 Å². The first-order valence-electron chi connectivity index (χ1n) is 3.61. The summed E-state index contributed by atoms with van der Waals surface area (Å²) >= 11 is 0. The molecule has 1 N–H and O–H groups in total. The first kappa shape index (κ1) is 6.97. The van der Waals surface area contributed by atoms with E-state index in [-0.39, 0.29) is 0 Å². The molecular formula is C8H8N2O2. The van der Waals surface area contributed by atoms with E-state index in [4.69, 9.17) is 5.11 Å². The smallest absolute Gasteiger partial charge is 0.335 e. The fourth-order valence-corrected chi connectivity index (χ4v) is 1.20. The number of carboxylic acid groups (broad SMARTS) is 1. The average molecular weight is 164 g/mol. The molecule has 0 spiro atoms. The van der Waals surface area contributed by atoms with Crippen LogP contribution in [0.25, 0.3) is 0 Å². The Morgan fingerprint density at radius 2 is 2.17 bits per heavy atom. The second-order valence-corrected chi connectivity index (χ2v) is 2.62. The van der Waals surface area contributed by atoms with Crippen LogP contribution >= 0.6 is 0 Å². The van der Waals surface area contributed by atoms with Gasteiger partial charge in [-0.3, -0.25) is 10.0 Å². The van der Waals surface area contributed by atoms with Crippen molar-refractivity contribution in [3.05, 3.63) is 36.3 Å². The van der Waals surface area contributed by atoms with E-state index < -0.39 is 5.97 Å². The Morgan fingerprint density at radius 1 is 1.42 bits per heavy atom. The van der Waals surface area contributed by atoms with Crippen molar-refractivity contribution in [3.63, 3.8) is 0 Å². The zero-order valence-corrected chi connectivity index (χ0v) is 6.34. The summed E-state index contributed by atoms with van der Waals surface area (Å²) in [6.45, 7) is 0.441. The summed E-state index contributed by atoms with van der Waals surface area (Å²) in [5, 5.41) is 12.3. The minimum absolute atomic E-state index is 0.409. The van der Waals surface area contributed by atoms with Crippen LogP contribution in [0.1, 0.15) is 0 Å². The van der Waals surface area contributed by atoms with Gasteiger partial charge in [0.2, 0.25) is 0 Å². The van der Waals surface area contributed by atoms with Crippen LogP contribution in [0.3, 0.4) is 0 Å². The topological polar surface area (TPSA) is 43.8 Å². The Kier molecular flexibility index (Phi) is 1.40. The molecule has 0 unspecified atom stereocenters. The van der Waals surface area contributed by atoms with Gasteiger partial charge in [-0.2, -0.15) is 0 Å². The SMILES string of the molecule is O=C(O)C1=CN2C=CC=CN2C1. The second kappa shape index (κ2) is 2.41. The number of hydrogen-bond acceptors (Lipinski definition) is 3. The van der Waals surface area contributed by atoms with Crippen LogP contribution in [0.4, 0.5) is 0 Å². The lowest BCUT2D eigenvalue weighted by Gasteiger charge is -2.25. The van der Waals surface area contributed by atoms with Crippen LogP contribution in [0.15, 0.2) is 36.3 Å². The van der Waals surface area contributed by atoms with Crippen molar-refractivity contribution in [3.8, 4) is 0 Å². The Balaban J connectivity index is 2.21. The maximum Gasteiger partial charge on any atom is 0.335 e. The molecule has 0 saturated heterocycles. The van der Waals surface area contributed by atoms with Gasteiger partial charge in [0.25, 0.3) is 0 Å². The molecule has 4 nitrogen and oxygen atoms in total. The molecule has 0 fully saturated rings. The summed E-state index contributed by atoms with van der Waals surface area (Å²) in [4.78, 5) is 10.6. The maximum atomic E-state index is 10.6. The van der Waals surface area contributed by atoms with Crippen LogP contribution in [-0.2, 0) is 4.79 Å². The van der Waals surface area contributed by atoms with Gasteiger partial charge in [0.1, 0.15) is 0 Å². The highest BCUT2D eigenvalue weighted by Gasteiger charge is 2.22. The first-order valence-corrected chi connectivity index (χ1v) is 3.61. The van der Waals surface area contributed by atoms with Gasteiger partial charge in [-0.05, 0) is 12.2 Å². The van der Waals surface area contributed by atoms with Crippen LogP contribution in [0, 0.1) is 0 Å². The summed E-state index contributed by atoms with van der Waals surface area (Å²) in [6.07, 6.45) is 9.00. The maximum absolute atomic E-state index is 10.6. The van der Waals surface area contributed by atoms with E-state index in [1.807, 2.05) is 29.6 Å². The Morgan fingerprint density at radius 3 is 2.83 bits per heavy atom. The van der Waals surface area contributed by atoms with E-state index in [9.17, 15) is 4.79 Å². The zero-order valence-electron chi connectivity index (χ0n) is 6.34. The number of carboxylic acids is 1. The standard InChI is InChI=1S/C8H8N2O2/c11-8(12)7-5-9-3-1-2-4-10(9)6-7/h1-5H,6H2,(H,11,12). The average Bonchev–Trinajstić information content (AvgIpc) is 2.46. The Labute approximate surface area is 69.7 Å². The zero-order chi connectivity index (χ0) is 8.55. The van der Waals surface area contributed by atoms with Gasteiger partial charge in [0.05, 0.1) is 12.1 Å². The third-order valence-electron chi connectivity index (χ3n) is 1.80. The number of aliphatic carboxylic acids is 1. The summed E-state index contributed by atoms with van der Waals surface area (Å²) in [6, 6.07) is 0. The molecule has 0 aromatic heterocycles. The molecule has 0 amide bonds. The van der Waals surface area contributed by atoms with E-state index in [2.05, 4.69) is 0 Å². The Hall–Kier alpha value is -1.71. The van der Waals surface area contributed by atoms with Crippen molar-refractivity contribution in [2.45, 2.75) is 0 Å². The molecule has 2 aliphatic rings. The van der Waals surface area contributed by atoms with Gasteiger partial charge in [0, 0.05) is 18.6 Å². The molecule has 2 heterocycles. The molecule has 0 aromatic rings. The van der Waals surface area contributed by atoms with Crippen LogP contribution in [0.2, 0.25) is 0 Å². The van der Waals surface area contributed by atoms with E-state index in [0.717, 1.165) is 0 Å². The summed E-state index contributed by atoms with van der Waals surface area (Å²) in [5.41, 5.74) is 0.409. The molecular weight excluding hydrogens is 156 g/mol. The number of hydrazine groups is 1. The van der Waals surface area contributed by atoms with E-state index in [0.29, 0.717) is 12.1 Å². The van der Waals surface area contributed by atoms with Crippen molar-refractivity contribution in [2.24, 2.45) is 0 Å². The second-order valence-electron chi connectivity index (χ2n) is 2.62. The highest BCUT2D eigenvalue weighted by molar-refractivity contribution is 5.87. The predicted octanol–water partition coefficient (Wildman–Crippen LogP) is 0.529. The molecule has 0 atom stereocenters. The quantitative estimate of drug-likeness (QED) is 0.614. The van der Waals surface area contributed by atoms with Crippen molar-refractivity contribution < 1.29 is 9.90 Å². The lowest BCUT2D eigenvalue weighted by atomic mass is 10.3. The van der Waals surface area contributed by atoms with Gasteiger partial charge in [0.15, 0.2) is 0 Å². The van der Waals surface area contributed by atoms with E-state index in [1.54, 1.807) is 11.2 Å². The molecule has 62 valence electrons. The highest BCUT2D eigenvalue weighted by atomic mass is 16.4. The summed E-state index contributed by atoms with van der Waals surface area (Å²) in [7, 11) is 0. The lowest BCUT2D eigenvalue weighted by molar-refractivity contribution is -0.132. The van der Waals surface area contributed by atoms with Gasteiger partial charge < -0.3 is 5.11 Å². The van der Waals surface area contributed by atoms with Crippen molar-refractivity contribution >= 4 is 5.97 Å². The van der Waals surface area contributed by atoms with Gasteiger partial charge in [-0.1, -0.05) is 0 Å². The molecule has 0 radical (unpaired) electrons. The largest absolute Gasteiger partial charge is 0.478 e. The fourth-order valence-electron chi connectivity index (χ4n) is 1.20. The van der Waals surface area contributed by atoms with Gasteiger partial charge in [-0.25, -0.2) is 4.79 Å². The number of allylic oxidation sites excluding steroid dienone is 2. The molecule has 0 saturated carbocycles.